The smallest absolute Gasteiger partial charge is 0.335 e. The van der Waals surface area contributed by atoms with Gasteiger partial charge in [0.05, 0.1) is 16.8 Å². The monoisotopic (exact) mass is 591 g/mol. The Morgan fingerprint density at radius 3 is 2.43 bits per heavy atom. The van der Waals surface area contributed by atoms with Crippen LogP contribution in [0.5, 0.6) is 0 Å². The van der Waals surface area contributed by atoms with Crippen LogP contribution in [0, 0.1) is 0 Å². The highest BCUT2D eigenvalue weighted by Gasteiger charge is 2.43. The van der Waals surface area contributed by atoms with E-state index in [1.807, 2.05) is 6.07 Å². The van der Waals surface area contributed by atoms with Crippen molar-refractivity contribution in [2.45, 2.75) is 31.2 Å². The molecule has 6 rings (SSSR count). The van der Waals surface area contributed by atoms with Crippen LogP contribution in [0.15, 0.2) is 69.1 Å². The molecule has 1 saturated carbocycles. The van der Waals surface area contributed by atoms with Crippen molar-refractivity contribution >= 4 is 66.8 Å². The number of fused-ring (bicyclic) bond motifs is 4. The Bertz CT molecular complexity index is 1480. The minimum absolute atomic E-state index is 0.00765. The van der Waals surface area contributed by atoms with Gasteiger partial charge in [-0.3, -0.25) is 9.59 Å². The number of carbonyl (C=O) groups is 3. The van der Waals surface area contributed by atoms with Crippen LogP contribution >= 0.6 is 31.9 Å². The van der Waals surface area contributed by atoms with Crippen molar-refractivity contribution in [1.29, 1.82) is 0 Å². The fourth-order valence-electron chi connectivity index (χ4n) is 5.72. The van der Waals surface area contributed by atoms with E-state index in [9.17, 15) is 19.5 Å². The van der Waals surface area contributed by atoms with E-state index < -0.39 is 11.8 Å². The van der Waals surface area contributed by atoms with E-state index in [4.69, 9.17) is 0 Å². The van der Waals surface area contributed by atoms with Gasteiger partial charge in [-0.15, -0.1) is 0 Å². The van der Waals surface area contributed by atoms with Crippen molar-refractivity contribution in [3.8, 4) is 0 Å². The number of aromatic carboxylic acids is 1. The van der Waals surface area contributed by atoms with Crippen molar-refractivity contribution < 1.29 is 19.5 Å². The molecule has 3 aromatic carbocycles. The molecule has 7 heteroatoms. The molecule has 1 heterocycles. The molecule has 1 N–H and O–H groups in total. The Balaban J connectivity index is 1.43. The highest BCUT2D eigenvalue weighted by Crippen LogP contribution is 2.55. The van der Waals surface area contributed by atoms with Gasteiger partial charge in [0.25, 0.3) is 0 Å². The van der Waals surface area contributed by atoms with Gasteiger partial charge in [-0.25, -0.2) is 4.79 Å². The standard InChI is InChI=1S/C28H19Br2NO4/c29-16-5-7-17(8-6-16)31-24-3-1-2-18(24)20-10-14(12-23(30)25(20)31)11-22-26(32)19-9-4-15(28(34)35)13-21(19)27(22)33/h4-13,18,24H,1-3H2,(H,34,35)/b22-11+. The number of rotatable bonds is 3. The summed E-state index contributed by atoms with van der Waals surface area (Å²) in [7, 11) is 0. The lowest BCUT2D eigenvalue weighted by Crippen LogP contribution is -2.26. The fraction of sp³-hybridized carbons (Fsp3) is 0.179. The Kier molecular flexibility index (Phi) is 5.31. The summed E-state index contributed by atoms with van der Waals surface area (Å²) in [4.78, 5) is 39.8. The van der Waals surface area contributed by atoms with Gasteiger partial charge in [-0.2, -0.15) is 0 Å². The third kappa shape index (κ3) is 3.52. The minimum Gasteiger partial charge on any atom is -0.478 e. The molecule has 174 valence electrons. The van der Waals surface area contributed by atoms with Crippen LogP contribution in [-0.4, -0.2) is 28.7 Å². The minimum atomic E-state index is -1.13. The van der Waals surface area contributed by atoms with Gasteiger partial charge in [-0.1, -0.05) is 22.4 Å². The van der Waals surface area contributed by atoms with Crippen molar-refractivity contribution in [1.82, 2.24) is 0 Å². The summed E-state index contributed by atoms with van der Waals surface area (Å²) in [5.74, 6) is -1.54. The van der Waals surface area contributed by atoms with Crippen molar-refractivity contribution in [3.63, 3.8) is 0 Å². The van der Waals surface area contributed by atoms with Crippen molar-refractivity contribution in [3.05, 3.63) is 96.9 Å². The van der Waals surface area contributed by atoms with Crippen molar-refractivity contribution in [2.24, 2.45) is 0 Å². The SMILES string of the molecule is O=C(O)c1ccc2c(c1)C(=O)/C(=C/c1cc(Br)c3c(c1)C1CCCC1N3c1ccc(Br)cc1)C2=O. The van der Waals surface area contributed by atoms with Crippen LogP contribution < -0.4 is 4.90 Å². The molecule has 2 aliphatic carbocycles. The normalized spacial score (nSPS) is 21.4. The zero-order chi connectivity index (χ0) is 24.4. The molecule has 0 saturated heterocycles. The summed E-state index contributed by atoms with van der Waals surface area (Å²) in [6.07, 6.45) is 5.00. The number of nitrogens with zero attached hydrogens (tertiary/aromatic N) is 1. The third-order valence-electron chi connectivity index (χ3n) is 7.23. The Labute approximate surface area is 218 Å². The summed E-state index contributed by atoms with van der Waals surface area (Å²) < 4.78 is 1.95. The molecule has 0 bridgehead atoms. The first-order valence-corrected chi connectivity index (χ1v) is 13.0. The molecule has 1 aliphatic heterocycles. The first-order valence-electron chi connectivity index (χ1n) is 11.4. The molecule has 0 aromatic heterocycles. The number of hydrogen-bond donors (Lipinski definition) is 1. The van der Waals surface area contributed by atoms with E-state index in [1.165, 1.54) is 23.8 Å². The zero-order valence-corrected chi connectivity index (χ0v) is 21.6. The van der Waals surface area contributed by atoms with Gasteiger partial charge < -0.3 is 10.0 Å². The van der Waals surface area contributed by atoms with Crippen LogP contribution in [0.3, 0.4) is 0 Å². The highest BCUT2D eigenvalue weighted by molar-refractivity contribution is 9.10. The molecular weight excluding hydrogens is 574 g/mol. The molecule has 5 nitrogen and oxygen atoms in total. The summed E-state index contributed by atoms with van der Waals surface area (Å²) >= 11 is 7.30. The Morgan fingerprint density at radius 2 is 1.69 bits per heavy atom. The number of carboxylic acid groups (broad SMARTS) is 1. The quantitative estimate of drug-likeness (QED) is 0.258. The van der Waals surface area contributed by atoms with Crippen LogP contribution in [0.2, 0.25) is 0 Å². The molecule has 1 fully saturated rings. The first-order chi connectivity index (χ1) is 16.8. The molecule has 35 heavy (non-hydrogen) atoms. The molecule has 3 aromatic rings. The predicted molar refractivity (Wildman–Crippen MR) is 141 cm³/mol. The lowest BCUT2D eigenvalue weighted by molar-refractivity contribution is 0.0696. The number of carbonyl (C=O) groups excluding carboxylic acids is 2. The number of anilines is 2. The van der Waals surface area contributed by atoms with Crippen LogP contribution in [-0.2, 0) is 0 Å². The van der Waals surface area contributed by atoms with E-state index in [2.05, 4.69) is 67.1 Å². The largest absolute Gasteiger partial charge is 0.478 e. The molecule has 0 spiro atoms. The Hall–Kier alpha value is -3.03. The zero-order valence-electron chi connectivity index (χ0n) is 18.4. The number of carboxylic acids is 1. The molecule has 3 aliphatic rings. The molecule has 2 atom stereocenters. The van der Waals surface area contributed by atoms with E-state index in [0.29, 0.717) is 12.0 Å². The average molecular weight is 593 g/mol. The Morgan fingerprint density at radius 1 is 0.943 bits per heavy atom. The maximum atomic E-state index is 13.0. The summed E-state index contributed by atoms with van der Waals surface area (Å²) in [6.45, 7) is 0. The number of benzene rings is 3. The number of Topliss-reactive ketones (excluding diaryl/α,β-unsaturated/α-hetero) is 2. The number of halogens is 2. The summed E-state index contributed by atoms with van der Waals surface area (Å²) in [5, 5.41) is 9.26. The number of allylic oxidation sites excluding steroid dienone is 1. The van der Waals surface area contributed by atoms with Gasteiger partial charge in [0, 0.05) is 37.7 Å². The maximum Gasteiger partial charge on any atom is 0.335 e. The number of hydrogen-bond acceptors (Lipinski definition) is 4. The molecular formula is C28H19Br2NO4. The molecule has 0 radical (unpaired) electrons. The van der Waals surface area contributed by atoms with Gasteiger partial charge in [-0.05, 0) is 101 Å². The van der Waals surface area contributed by atoms with Crippen LogP contribution in [0.4, 0.5) is 11.4 Å². The van der Waals surface area contributed by atoms with E-state index in [0.717, 1.165) is 45.1 Å². The second-order valence-electron chi connectivity index (χ2n) is 9.17. The lowest BCUT2D eigenvalue weighted by Gasteiger charge is -2.28. The van der Waals surface area contributed by atoms with E-state index >= 15 is 0 Å². The second kappa shape index (κ2) is 8.28. The molecule has 2 unspecified atom stereocenters. The van der Waals surface area contributed by atoms with Gasteiger partial charge in [0.2, 0.25) is 0 Å². The third-order valence-corrected chi connectivity index (χ3v) is 8.36. The highest BCUT2D eigenvalue weighted by atomic mass is 79.9. The first kappa shape index (κ1) is 22.4. The topological polar surface area (TPSA) is 74.7 Å². The fourth-order valence-corrected chi connectivity index (χ4v) is 6.67. The van der Waals surface area contributed by atoms with Crippen LogP contribution in [0.1, 0.15) is 67.4 Å². The maximum absolute atomic E-state index is 13.0. The summed E-state index contributed by atoms with van der Waals surface area (Å²) in [6, 6.07) is 16.8. The summed E-state index contributed by atoms with van der Waals surface area (Å²) in [5.41, 5.74) is 4.75. The number of ketones is 2. The van der Waals surface area contributed by atoms with Crippen molar-refractivity contribution in [2.75, 3.05) is 4.90 Å². The average Bonchev–Trinajstić information content (AvgIpc) is 3.49. The lowest BCUT2D eigenvalue weighted by atomic mass is 9.95. The van der Waals surface area contributed by atoms with E-state index in [1.54, 1.807) is 6.08 Å². The van der Waals surface area contributed by atoms with E-state index in [-0.39, 0.29) is 28.0 Å². The predicted octanol–water partition coefficient (Wildman–Crippen LogP) is 7.16. The van der Waals surface area contributed by atoms with Crippen LogP contribution in [0.25, 0.3) is 6.08 Å². The van der Waals surface area contributed by atoms with Gasteiger partial charge >= 0.3 is 5.97 Å². The van der Waals surface area contributed by atoms with Gasteiger partial charge in [0.1, 0.15) is 0 Å². The van der Waals surface area contributed by atoms with Gasteiger partial charge in [0.15, 0.2) is 11.6 Å². The second-order valence-corrected chi connectivity index (χ2v) is 10.9. The molecule has 0 amide bonds.